The van der Waals surface area contributed by atoms with Gasteiger partial charge in [0.25, 0.3) is 0 Å². The highest BCUT2D eigenvalue weighted by Crippen LogP contribution is 2.18. The maximum absolute atomic E-state index is 5.98. The molecule has 1 heterocycles. The lowest BCUT2D eigenvalue weighted by molar-refractivity contribution is 0.0976. The van der Waals surface area contributed by atoms with Crippen molar-refractivity contribution in [1.29, 1.82) is 0 Å². The topological polar surface area (TPSA) is 35.2 Å². The Bertz CT molecular complexity index is 161. The summed E-state index contributed by atoms with van der Waals surface area (Å²) in [4.78, 5) is 0. The molecule has 0 bridgehead atoms. The quantitative estimate of drug-likeness (QED) is 0.663. The highest BCUT2D eigenvalue weighted by atomic mass is 16.5. The fourth-order valence-corrected chi connectivity index (χ4v) is 1.72. The predicted octanol–water partition coefficient (Wildman–Crippen LogP) is 2.24. The van der Waals surface area contributed by atoms with Crippen LogP contribution in [-0.2, 0) is 4.74 Å². The van der Waals surface area contributed by atoms with Crippen molar-refractivity contribution >= 4 is 0 Å². The number of hydrogen-bond acceptors (Lipinski definition) is 2. The molecule has 0 aromatic rings. The summed E-state index contributed by atoms with van der Waals surface area (Å²) in [5.41, 5.74) is 7.21. The number of allylic oxidation sites excluding steroid dienone is 1. The van der Waals surface area contributed by atoms with Crippen LogP contribution in [0.3, 0.4) is 0 Å². The Hall–Kier alpha value is -0.340. The fourth-order valence-electron chi connectivity index (χ4n) is 1.72. The Kier molecular flexibility index (Phi) is 4.46. The molecule has 2 atom stereocenters. The van der Waals surface area contributed by atoms with Crippen molar-refractivity contribution in [2.75, 3.05) is 6.61 Å². The fraction of sp³-hybridized carbons (Fsp3) is 0.818. The zero-order valence-corrected chi connectivity index (χ0v) is 8.59. The average molecular weight is 183 g/mol. The lowest BCUT2D eigenvalue weighted by Crippen LogP contribution is -2.25. The van der Waals surface area contributed by atoms with E-state index < -0.39 is 0 Å². The first-order valence-electron chi connectivity index (χ1n) is 5.20. The van der Waals surface area contributed by atoms with Gasteiger partial charge < -0.3 is 10.5 Å². The summed E-state index contributed by atoms with van der Waals surface area (Å²) in [6.07, 6.45) is 5.95. The molecule has 0 aromatic carbocycles. The van der Waals surface area contributed by atoms with E-state index in [1.807, 2.05) is 0 Å². The van der Waals surface area contributed by atoms with Gasteiger partial charge in [0, 0.05) is 12.6 Å². The van der Waals surface area contributed by atoms with Gasteiger partial charge in [0.1, 0.15) is 0 Å². The van der Waals surface area contributed by atoms with E-state index in [0.717, 1.165) is 25.9 Å². The molecular formula is C11H21NO. The predicted molar refractivity (Wildman–Crippen MR) is 55.6 cm³/mol. The Morgan fingerprint density at radius 2 is 2.46 bits per heavy atom. The third kappa shape index (κ3) is 4.44. The van der Waals surface area contributed by atoms with Crippen LogP contribution in [0.2, 0.25) is 0 Å². The molecule has 0 amide bonds. The normalized spacial score (nSPS) is 24.6. The maximum Gasteiger partial charge on any atom is 0.0590 e. The number of hydrogen-bond donors (Lipinski definition) is 1. The molecule has 1 saturated heterocycles. The third-order valence-corrected chi connectivity index (χ3v) is 2.53. The maximum atomic E-state index is 5.98. The van der Waals surface area contributed by atoms with Gasteiger partial charge >= 0.3 is 0 Å². The molecule has 0 saturated carbocycles. The van der Waals surface area contributed by atoms with Crippen LogP contribution in [0, 0.1) is 0 Å². The van der Waals surface area contributed by atoms with Gasteiger partial charge in [-0.25, -0.2) is 0 Å². The lowest BCUT2D eigenvalue weighted by Gasteiger charge is -2.15. The van der Waals surface area contributed by atoms with Crippen molar-refractivity contribution in [2.45, 2.75) is 51.2 Å². The molecule has 0 aliphatic carbocycles. The Balaban J connectivity index is 2.09. The van der Waals surface area contributed by atoms with E-state index in [4.69, 9.17) is 10.5 Å². The second-order valence-corrected chi connectivity index (χ2v) is 4.13. The molecule has 1 fully saturated rings. The van der Waals surface area contributed by atoms with Gasteiger partial charge in [0.15, 0.2) is 0 Å². The highest BCUT2D eigenvalue weighted by molar-refractivity contribution is 4.89. The minimum atomic E-state index is 0.291. The molecule has 0 aromatic heterocycles. The molecule has 13 heavy (non-hydrogen) atoms. The van der Waals surface area contributed by atoms with Crippen LogP contribution in [0.4, 0.5) is 0 Å². The van der Waals surface area contributed by atoms with E-state index in [9.17, 15) is 0 Å². The van der Waals surface area contributed by atoms with Crippen LogP contribution in [-0.4, -0.2) is 18.8 Å². The van der Waals surface area contributed by atoms with Gasteiger partial charge in [-0.2, -0.15) is 0 Å². The summed E-state index contributed by atoms with van der Waals surface area (Å²) in [6, 6.07) is 0.291. The summed E-state index contributed by atoms with van der Waals surface area (Å²) < 4.78 is 5.53. The van der Waals surface area contributed by atoms with E-state index in [1.54, 1.807) is 0 Å². The molecule has 2 N–H and O–H groups in total. The second-order valence-electron chi connectivity index (χ2n) is 4.13. The smallest absolute Gasteiger partial charge is 0.0590 e. The standard InChI is InChI=1S/C11H21NO/c1-9(2)5-6-10(12)8-11-4-3-7-13-11/h10-11H,1,3-8,12H2,2H3. The molecule has 76 valence electrons. The van der Waals surface area contributed by atoms with Crippen LogP contribution in [0.15, 0.2) is 12.2 Å². The van der Waals surface area contributed by atoms with E-state index in [1.165, 1.54) is 18.4 Å². The average Bonchev–Trinajstić information content (AvgIpc) is 2.53. The van der Waals surface area contributed by atoms with Crippen molar-refractivity contribution < 1.29 is 4.74 Å². The van der Waals surface area contributed by atoms with Crippen LogP contribution in [0.5, 0.6) is 0 Å². The van der Waals surface area contributed by atoms with Gasteiger partial charge in [-0.15, -0.1) is 6.58 Å². The lowest BCUT2D eigenvalue weighted by atomic mass is 10.0. The van der Waals surface area contributed by atoms with E-state index >= 15 is 0 Å². The van der Waals surface area contributed by atoms with Crippen LogP contribution >= 0.6 is 0 Å². The largest absolute Gasteiger partial charge is 0.378 e. The van der Waals surface area contributed by atoms with Crippen molar-refractivity contribution in [2.24, 2.45) is 5.73 Å². The zero-order chi connectivity index (χ0) is 9.68. The highest BCUT2D eigenvalue weighted by Gasteiger charge is 2.18. The first kappa shape index (κ1) is 10.7. The monoisotopic (exact) mass is 183 g/mol. The number of nitrogens with two attached hydrogens (primary N) is 1. The molecule has 1 aliphatic heterocycles. The van der Waals surface area contributed by atoms with Gasteiger partial charge in [0.2, 0.25) is 0 Å². The molecule has 0 spiro atoms. The van der Waals surface area contributed by atoms with Crippen molar-refractivity contribution in [3.05, 3.63) is 12.2 Å². The van der Waals surface area contributed by atoms with Gasteiger partial charge in [-0.3, -0.25) is 0 Å². The van der Waals surface area contributed by atoms with E-state index in [2.05, 4.69) is 13.5 Å². The van der Waals surface area contributed by atoms with E-state index in [-0.39, 0.29) is 0 Å². The minimum absolute atomic E-state index is 0.291. The van der Waals surface area contributed by atoms with E-state index in [0.29, 0.717) is 12.1 Å². The SMILES string of the molecule is C=C(C)CCC(N)CC1CCCO1. The number of ether oxygens (including phenoxy) is 1. The summed E-state index contributed by atoms with van der Waals surface area (Å²) >= 11 is 0. The van der Waals surface area contributed by atoms with Crippen molar-refractivity contribution in [3.63, 3.8) is 0 Å². The van der Waals surface area contributed by atoms with Gasteiger partial charge in [-0.05, 0) is 39.0 Å². The summed E-state index contributed by atoms with van der Waals surface area (Å²) in [7, 11) is 0. The van der Waals surface area contributed by atoms with Crippen molar-refractivity contribution in [3.8, 4) is 0 Å². The zero-order valence-electron chi connectivity index (χ0n) is 8.59. The minimum Gasteiger partial charge on any atom is -0.378 e. The van der Waals surface area contributed by atoms with Crippen LogP contribution in [0.1, 0.15) is 39.0 Å². The van der Waals surface area contributed by atoms with Crippen molar-refractivity contribution in [1.82, 2.24) is 0 Å². The Morgan fingerprint density at radius 3 is 3.00 bits per heavy atom. The molecule has 1 rings (SSSR count). The molecule has 1 aliphatic rings. The molecule has 0 radical (unpaired) electrons. The second kappa shape index (κ2) is 5.40. The number of rotatable bonds is 5. The summed E-state index contributed by atoms with van der Waals surface area (Å²) in [5, 5.41) is 0. The molecule has 2 heteroatoms. The Labute approximate surface area is 81.1 Å². The molecule has 2 nitrogen and oxygen atoms in total. The first-order valence-corrected chi connectivity index (χ1v) is 5.20. The molecular weight excluding hydrogens is 162 g/mol. The molecule has 2 unspecified atom stereocenters. The van der Waals surface area contributed by atoms with Crippen LogP contribution < -0.4 is 5.73 Å². The summed E-state index contributed by atoms with van der Waals surface area (Å²) in [6.45, 7) is 6.85. The third-order valence-electron chi connectivity index (χ3n) is 2.53. The van der Waals surface area contributed by atoms with Gasteiger partial charge in [-0.1, -0.05) is 5.57 Å². The first-order chi connectivity index (χ1) is 6.18. The summed E-state index contributed by atoms with van der Waals surface area (Å²) in [5.74, 6) is 0. The van der Waals surface area contributed by atoms with Gasteiger partial charge in [0.05, 0.1) is 6.10 Å². The Morgan fingerprint density at radius 1 is 1.69 bits per heavy atom. The van der Waals surface area contributed by atoms with Crippen LogP contribution in [0.25, 0.3) is 0 Å².